The molecule has 0 aliphatic carbocycles. The van der Waals surface area contributed by atoms with Crippen molar-refractivity contribution < 1.29 is 14.3 Å². The van der Waals surface area contributed by atoms with Crippen LogP contribution in [0.5, 0.6) is 5.75 Å². The maximum Gasteiger partial charge on any atom is 0.251 e. The summed E-state index contributed by atoms with van der Waals surface area (Å²) >= 11 is 0. The van der Waals surface area contributed by atoms with Gasteiger partial charge in [-0.05, 0) is 50.6 Å². The van der Waals surface area contributed by atoms with Crippen molar-refractivity contribution >= 4 is 5.91 Å². The SMILES string of the molecule is COCCCOc1ccc(C(=O)NC2CCNC(C)C2)cc1. The van der Waals surface area contributed by atoms with Gasteiger partial charge >= 0.3 is 0 Å². The summed E-state index contributed by atoms with van der Waals surface area (Å²) in [5.74, 6) is 0.771. The van der Waals surface area contributed by atoms with Gasteiger partial charge in [-0.1, -0.05) is 0 Å². The van der Waals surface area contributed by atoms with E-state index < -0.39 is 0 Å². The number of hydrogen-bond acceptors (Lipinski definition) is 4. The predicted molar refractivity (Wildman–Crippen MR) is 86.4 cm³/mol. The van der Waals surface area contributed by atoms with Crippen molar-refractivity contribution in [3.05, 3.63) is 29.8 Å². The van der Waals surface area contributed by atoms with Crippen molar-refractivity contribution in [1.82, 2.24) is 10.6 Å². The highest BCUT2D eigenvalue weighted by Crippen LogP contribution is 2.14. The summed E-state index contributed by atoms with van der Waals surface area (Å²) in [6, 6.07) is 8.02. The minimum Gasteiger partial charge on any atom is -0.494 e. The van der Waals surface area contributed by atoms with E-state index in [1.165, 1.54) is 0 Å². The smallest absolute Gasteiger partial charge is 0.251 e. The topological polar surface area (TPSA) is 59.6 Å². The van der Waals surface area contributed by atoms with Gasteiger partial charge in [0.2, 0.25) is 0 Å². The molecule has 1 aromatic carbocycles. The number of rotatable bonds is 7. The zero-order valence-electron chi connectivity index (χ0n) is 13.4. The fraction of sp³-hybridized carbons (Fsp3) is 0.588. The Balaban J connectivity index is 1.80. The Kier molecular flexibility index (Phi) is 6.68. The second-order valence-corrected chi connectivity index (χ2v) is 5.77. The zero-order chi connectivity index (χ0) is 15.8. The normalized spacial score (nSPS) is 21.4. The van der Waals surface area contributed by atoms with Crippen LogP contribution in [0.15, 0.2) is 24.3 Å². The number of amides is 1. The largest absolute Gasteiger partial charge is 0.494 e. The van der Waals surface area contributed by atoms with Gasteiger partial charge in [0.15, 0.2) is 0 Å². The fourth-order valence-electron chi connectivity index (χ4n) is 2.63. The third kappa shape index (κ3) is 5.31. The van der Waals surface area contributed by atoms with Crippen LogP contribution in [-0.4, -0.2) is 44.9 Å². The van der Waals surface area contributed by atoms with E-state index >= 15 is 0 Å². The van der Waals surface area contributed by atoms with Gasteiger partial charge in [0.1, 0.15) is 5.75 Å². The molecular formula is C17H26N2O3. The quantitative estimate of drug-likeness (QED) is 0.756. The van der Waals surface area contributed by atoms with E-state index in [-0.39, 0.29) is 11.9 Å². The zero-order valence-corrected chi connectivity index (χ0v) is 13.4. The Labute approximate surface area is 132 Å². The van der Waals surface area contributed by atoms with Crippen molar-refractivity contribution in [3.8, 4) is 5.75 Å². The average molecular weight is 306 g/mol. The Morgan fingerprint density at radius 1 is 1.32 bits per heavy atom. The summed E-state index contributed by atoms with van der Waals surface area (Å²) in [5, 5.41) is 6.49. The number of methoxy groups -OCH3 is 1. The third-order valence-corrected chi connectivity index (χ3v) is 3.84. The fourth-order valence-corrected chi connectivity index (χ4v) is 2.63. The molecule has 1 aliphatic rings. The molecule has 0 spiro atoms. The first-order valence-electron chi connectivity index (χ1n) is 7.95. The van der Waals surface area contributed by atoms with E-state index in [1.54, 1.807) is 7.11 Å². The van der Waals surface area contributed by atoms with Gasteiger partial charge in [-0.2, -0.15) is 0 Å². The number of nitrogens with one attached hydrogen (secondary N) is 2. The van der Waals surface area contributed by atoms with Crippen LogP contribution in [-0.2, 0) is 4.74 Å². The molecule has 2 unspecified atom stereocenters. The van der Waals surface area contributed by atoms with Gasteiger partial charge in [0, 0.05) is 37.8 Å². The Bertz CT molecular complexity index is 461. The maximum absolute atomic E-state index is 12.2. The number of piperidine rings is 1. The third-order valence-electron chi connectivity index (χ3n) is 3.84. The number of carbonyl (C=O) groups is 1. The van der Waals surface area contributed by atoms with Gasteiger partial charge in [0.25, 0.3) is 5.91 Å². The molecule has 0 bridgehead atoms. The van der Waals surface area contributed by atoms with Crippen LogP contribution < -0.4 is 15.4 Å². The van der Waals surface area contributed by atoms with Gasteiger partial charge in [-0.15, -0.1) is 0 Å². The molecule has 1 amide bonds. The van der Waals surface area contributed by atoms with Gasteiger partial charge in [-0.25, -0.2) is 0 Å². The molecule has 1 saturated heterocycles. The first-order valence-corrected chi connectivity index (χ1v) is 7.95. The lowest BCUT2D eigenvalue weighted by atomic mass is 10.0. The summed E-state index contributed by atoms with van der Waals surface area (Å²) in [7, 11) is 1.68. The summed E-state index contributed by atoms with van der Waals surface area (Å²) in [6.45, 7) is 4.41. The first kappa shape index (κ1) is 16.8. The highest BCUT2D eigenvalue weighted by molar-refractivity contribution is 5.94. The van der Waals surface area contributed by atoms with Crippen LogP contribution >= 0.6 is 0 Å². The lowest BCUT2D eigenvalue weighted by Gasteiger charge is -2.28. The summed E-state index contributed by atoms with van der Waals surface area (Å²) in [4.78, 5) is 12.2. The molecule has 0 saturated carbocycles. The number of hydrogen-bond donors (Lipinski definition) is 2. The predicted octanol–water partition coefficient (Wildman–Crippen LogP) is 1.97. The van der Waals surface area contributed by atoms with Crippen LogP contribution in [0.2, 0.25) is 0 Å². The second-order valence-electron chi connectivity index (χ2n) is 5.77. The van der Waals surface area contributed by atoms with Crippen LogP contribution in [0.25, 0.3) is 0 Å². The molecule has 2 rings (SSSR count). The monoisotopic (exact) mass is 306 g/mol. The van der Waals surface area contributed by atoms with Crippen LogP contribution in [0.1, 0.15) is 36.5 Å². The van der Waals surface area contributed by atoms with Crippen molar-refractivity contribution in [2.24, 2.45) is 0 Å². The van der Waals surface area contributed by atoms with E-state index in [0.29, 0.717) is 24.8 Å². The molecule has 0 aromatic heterocycles. The Morgan fingerprint density at radius 3 is 2.77 bits per heavy atom. The highest BCUT2D eigenvalue weighted by Gasteiger charge is 2.20. The Morgan fingerprint density at radius 2 is 2.09 bits per heavy atom. The van der Waals surface area contributed by atoms with Crippen molar-refractivity contribution in [2.45, 2.75) is 38.3 Å². The molecule has 1 aromatic rings. The van der Waals surface area contributed by atoms with Crippen LogP contribution in [0.4, 0.5) is 0 Å². The van der Waals surface area contributed by atoms with Gasteiger partial charge < -0.3 is 20.1 Å². The number of carbonyl (C=O) groups excluding carboxylic acids is 1. The molecule has 1 aliphatic heterocycles. The Hall–Kier alpha value is -1.59. The second kappa shape index (κ2) is 8.76. The minimum absolute atomic E-state index is 0.00923. The van der Waals surface area contributed by atoms with E-state index in [0.717, 1.165) is 31.6 Å². The molecule has 5 nitrogen and oxygen atoms in total. The van der Waals surface area contributed by atoms with Crippen molar-refractivity contribution in [1.29, 1.82) is 0 Å². The van der Waals surface area contributed by atoms with E-state index in [1.807, 2.05) is 24.3 Å². The number of ether oxygens (including phenoxy) is 2. The highest BCUT2D eigenvalue weighted by atomic mass is 16.5. The molecule has 2 N–H and O–H groups in total. The molecule has 0 radical (unpaired) electrons. The molecule has 5 heteroatoms. The molecule has 22 heavy (non-hydrogen) atoms. The minimum atomic E-state index is -0.00923. The van der Waals surface area contributed by atoms with Crippen molar-refractivity contribution in [2.75, 3.05) is 26.9 Å². The van der Waals surface area contributed by atoms with E-state index in [4.69, 9.17) is 9.47 Å². The molecule has 1 fully saturated rings. The molecular weight excluding hydrogens is 280 g/mol. The lowest BCUT2D eigenvalue weighted by molar-refractivity contribution is 0.0925. The lowest BCUT2D eigenvalue weighted by Crippen LogP contribution is -2.46. The molecule has 122 valence electrons. The van der Waals surface area contributed by atoms with Crippen LogP contribution in [0.3, 0.4) is 0 Å². The summed E-state index contributed by atoms with van der Waals surface area (Å²) in [6.07, 6.45) is 2.82. The summed E-state index contributed by atoms with van der Waals surface area (Å²) < 4.78 is 10.6. The number of benzene rings is 1. The average Bonchev–Trinajstić information content (AvgIpc) is 2.52. The summed E-state index contributed by atoms with van der Waals surface area (Å²) in [5.41, 5.74) is 0.676. The first-order chi connectivity index (χ1) is 10.7. The molecule has 1 heterocycles. The van der Waals surface area contributed by atoms with E-state index in [2.05, 4.69) is 17.6 Å². The van der Waals surface area contributed by atoms with Crippen molar-refractivity contribution in [3.63, 3.8) is 0 Å². The standard InChI is InChI=1S/C17H26N2O3/c1-13-12-15(8-9-18-13)19-17(20)14-4-6-16(7-5-14)22-11-3-10-21-2/h4-7,13,15,18H,3,8-12H2,1-2H3,(H,19,20). The van der Waals surface area contributed by atoms with E-state index in [9.17, 15) is 4.79 Å². The van der Waals surface area contributed by atoms with Crippen LogP contribution in [0, 0.1) is 0 Å². The van der Waals surface area contributed by atoms with Gasteiger partial charge in [0.05, 0.1) is 6.61 Å². The maximum atomic E-state index is 12.2. The van der Waals surface area contributed by atoms with Gasteiger partial charge in [-0.3, -0.25) is 4.79 Å². The molecule has 2 atom stereocenters.